The Morgan fingerprint density at radius 3 is 2.67 bits per heavy atom. The Hall–Kier alpha value is -1.39. The number of carbonyl (C=O) groups excluding carboxylic acids is 1. The largest absolute Gasteiger partial charge is 0.376 e. The van der Waals surface area contributed by atoms with E-state index in [1.54, 1.807) is 11.9 Å². The van der Waals surface area contributed by atoms with Gasteiger partial charge >= 0.3 is 0 Å². The molecule has 1 aromatic rings. The number of nitrogens with two attached hydrogens (primary N) is 1. The van der Waals surface area contributed by atoms with Gasteiger partial charge in [-0.1, -0.05) is 30.3 Å². The predicted molar refractivity (Wildman–Crippen MR) is 70.0 cm³/mol. The van der Waals surface area contributed by atoms with E-state index in [4.69, 9.17) is 10.5 Å². The molecule has 1 aliphatic rings. The van der Waals surface area contributed by atoms with Crippen LogP contribution in [0, 0.1) is 0 Å². The molecule has 18 heavy (non-hydrogen) atoms. The monoisotopic (exact) mass is 248 g/mol. The van der Waals surface area contributed by atoms with Crippen LogP contribution in [0.3, 0.4) is 0 Å². The van der Waals surface area contributed by atoms with Crippen LogP contribution in [0.5, 0.6) is 0 Å². The van der Waals surface area contributed by atoms with Gasteiger partial charge in [0.15, 0.2) is 0 Å². The minimum atomic E-state index is -0.594. The highest BCUT2D eigenvalue weighted by molar-refractivity contribution is 5.83. The average molecular weight is 248 g/mol. The minimum Gasteiger partial charge on any atom is -0.376 e. The van der Waals surface area contributed by atoms with Crippen molar-refractivity contribution in [2.24, 2.45) is 5.73 Å². The third-order valence-electron chi connectivity index (χ3n) is 3.61. The molecule has 4 nitrogen and oxygen atoms in total. The number of amides is 1. The van der Waals surface area contributed by atoms with Gasteiger partial charge in [-0.05, 0) is 18.9 Å². The van der Waals surface area contributed by atoms with E-state index >= 15 is 0 Å². The molecule has 2 rings (SSSR count). The lowest BCUT2D eigenvalue weighted by atomic mass is 10.0. The number of carbonyl (C=O) groups is 1. The topological polar surface area (TPSA) is 55.6 Å². The van der Waals surface area contributed by atoms with E-state index in [0.717, 1.165) is 12.0 Å². The molecule has 0 aliphatic carbocycles. The van der Waals surface area contributed by atoms with E-state index in [1.807, 2.05) is 37.3 Å². The third kappa shape index (κ3) is 2.54. The Balaban J connectivity index is 2.07. The van der Waals surface area contributed by atoms with Crippen LogP contribution >= 0.6 is 0 Å². The quantitative estimate of drug-likeness (QED) is 0.877. The molecule has 1 aliphatic heterocycles. The molecule has 1 heterocycles. The van der Waals surface area contributed by atoms with Crippen LogP contribution < -0.4 is 5.73 Å². The minimum absolute atomic E-state index is 0.0523. The van der Waals surface area contributed by atoms with Crippen molar-refractivity contribution < 1.29 is 9.53 Å². The maximum Gasteiger partial charge on any atom is 0.244 e. The second-order valence-electron chi connectivity index (χ2n) is 4.77. The summed E-state index contributed by atoms with van der Waals surface area (Å²) in [5, 5.41) is 0. The molecule has 1 saturated heterocycles. The number of rotatable bonds is 3. The van der Waals surface area contributed by atoms with E-state index in [2.05, 4.69) is 0 Å². The zero-order valence-corrected chi connectivity index (χ0v) is 10.9. The lowest BCUT2D eigenvalue weighted by Gasteiger charge is -2.29. The normalized spacial score (nSPS) is 24.8. The molecule has 3 atom stereocenters. The molecular formula is C14H20N2O2. The van der Waals surface area contributed by atoms with Gasteiger partial charge in [-0.2, -0.15) is 0 Å². The SMILES string of the molecule is CC1OCCC1N(C)C(=O)[C@H](N)c1ccccc1. The fourth-order valence-corrected chi connectivity index (χ4v) is 2.41. The molecule has 0 spiro atoms. The first-order chi connectivity index (χ1) is 8.61. The molecule has 1 fully saturated rings. The van der Waals surface area contributed by atoms with Gasteiger partial charge in [0.05, 0.1) is 12.1 Å². The van der Waals surface area contributed by atoms with Crippen LogP contribution in [-0.4, -0.2) is 36.6 Å². The van der Waals surface area contributed by atoms with E-state index in [0.29, 0.717) is 6.61 Å². The lowest BCUT2D eigenvalue weighted by molar-refractivity contribution is -0.134. The van der Waals surface area contributed by atoms with Gasteiger partial charge in [0, 0.05) is 13.7 Å². The number of hydrogen-bond donors (Lipinski definition) is 1. The van der Waals surface area contributed by atoms with Crippen LogP contribution in [0.2, 0.25) is 0 Å². The number of nitrogens with zero attached hydrogens (tertiary/aromatic N) is 1. The number of benzene rings is 1. The first-order valence-electron chi connectivity index (χ1n) is 6.30. The van der Waals surface area contributed by atoms with Crippen molar-refractivity contribution in [3.05, 3.63) is 35.9 Å². The highest BCUT2D eigenvalue weighted by Crippen LogP contribution is 2.21. The van der Waals surface area contributed by atoms with Crippen molar-refractivity contribution in [3.63, 3.8) is 0 Å². The highest BCUT2D eigenvalue weighted by Gasteiger charge is 2.32. The summed E-state index contributed by atoms with van der Waals surface area (Å²) in [6.45, 7) is 2.71. The van der Waals surface area contributed by atoms with Crippen molar-refractivity contribution in [1.29, 1.82) is 0 Å². The molecular weight excluding hydrogens is 228 g/mol. The van der Waals surface area contributed by atoms with Gasteiger partial charge in [-0.3, -0.25) is 4.79 Å². The van der Waals surface area contributed by atoms with Crippen LogP contribution in [0.1, 0.15) is 24.9 Å². The van der Waals surface area contributed by atoms with Crippen LogP contribution in [0.15, 0.2) is 30.3 Å². The summed E-state index contributed by atoms with van der Waals surface area (Å²) in [6.07, 6.45) is 0.965. The van der Waals surface area contributed by atoms with Crippen molar-refractivity contribution in [1.82, 2.24) is 4.90 Å². The molecule has 0 saturated carbocycles. The van der Waals surface area contributed by atoms with Gasteiger partial charge in [-0.25, -0.2) is 0 Å². The van der Waals surface area contributed by atoms with Crippen LogP contribution in [0.25, 0.3) is 0 Å². The Bertz CT molecular complexity index is 408. The van der Waals surface area contributed by atoms with E-state index in [9.17, 15) is 4.79 Å². The second kappa shape index (κ2) is 5.50. The number of likely N-dealkylation sites (N-methyl/N-ethyl adjacent to an activating group) is 1. The zero-order valence-electron chi connectivity index (χ0n) is 10.9. The summed E-state index contributed by atoms with van der Waals surface area (Å²) in [6, 6.07) is 9.00. The maximum atomic E-state index is 12.3. The smallest absolute Gasteiger partial charge is 0.244 e. The summed E-state index contributed by atoms with van der Waals surface area (Å²) in [5.41, 5.74) is 6.87. The van der Waals surface area contributed by atoms with Crippen molar-refractivity contribution in [3.8, 4) is 0 Å². The fraction of sp³-hybridized carbons (Fsp3) is 0.500. The number of ether oxygens (including phenoxy) is 1. The molecule has 1 amide bonds. The fourth-order valence-electron chi connectivity index (χ4n) is 2.41. The Morgan fingerprint density at radius 1 is 1.44 bits per heavy atom. The summed E-state index contributed by atoms with van der Waals surface area (Å²) in [5.74, 6) is -0.0523. The molecule has 1 aromatic carbocycles. The standard InChI is InChI=1S/C14H20N2O2/c1-10-12(8-9-18-10)16(2)14(17)13(15)11-6-4-3-5-7-11/h3-7,10,12-13H,8-9,15H2,1-2H3/t10?,12?,13-/m1/s1. The highest BCUT2D eigenvalue weighted by atomic mass is 16.5. The lowest BCUT2D eigenvalue weighted by Crippen LogP contribution is -2.45. The Labute approximate surface area is 108 Å². The van der Waals surface area contributed by atoms with Crippen molar-refractivity contribution in [2.75, 3.05) is 13.7 Å². The maximum absolute atomic E-state index is 12.3. The van der Waals surface area contributed by atoms with Crippen molar-refractivity contribution in [2.45, 2.75) is 31.5 Å². The van der Waals surface area contributed by atoms with Gasteiger partial charge in [-0.15, -0.1) is 0 Å². The summed E-state index contributed by atoms with van der Waals surface area (Å²) < 4.78 is 5.49. The van der Waals surface area contributed by atoms with Crippen LogP contribution in [-0.2, 0) is 9.53 Å². The zero-order chi connectivity index (χ0) is 13.1. The predicted octanol–water partition coefficient (Wildman–Crippen LogP) is 1.32. The number of hydrogen-bond acceptors (Lipinski definition) is 3. The van der Waals surface area contributed by atoms with Gasteiger partial charge in [0.1, 0.15) is 6.04 Å². The van der Waals surface area contributed by atoms with Gasteiger partial charge in [0.2, 0.25) is 5.91 Å². The molecule has 0 aromatic heterocycles. The summed E-state index contributed by atoms with van der Waals surface area (Å²) >= 11 is 0. The second-order valence-corrected chi connectivity index (χ2v) is 4.77. The molecule has 2 unspecified atom stereocenters. The molecule has 4 heteroatoms. The Morgan fingerprint density at radius 2 is 2.11 bits per heavy atom. The third-order valence-corrected chi connectivity index (χ3v) is 3.61. The van der Waals surface area contributed by atoms with E-state index in [1.165, 1.54) is 0 Å². The van der Waals surface area contributed by atoms with Crippen molar-refractivity contribution >= 4 is 5.91 Å². The summed E-state index contributed by atoms with van der Waals surface area (Å²) in [7, 11) is 1.81. The Kier molecular flexibility index (Phi) is 3.99. The van der Waals surface area contributed by atoms with Crippen LogP contribution in [0.4, 0.5) is 0 Å². The first-order valence-corrected chi connectivity index (χ1v) is 6.30. The molecule has 2 N–H and O–H groups in total. The summed E-state index contributed by atoms with van der Waals surface area (Å²) in [4.78, 5) is 14.1. The molecule has 0 bridgehead atoms. The van der Waals surface area contributed by atoms with E-state index < -0.39 is 6.04 Å². The van der Waals surface area contributed by atoms with Gasteiger partial charge < -0.3 is 15.4 Å². The van der Waals surface area contributed by atoms with E-state index in [-0.39, 0.29) is 18.1 Å². The first kappa shape index (κ1) is 13.1. The molecule has 98 valence electrons. The molecule has 0 radical (unpaired) electrons. The van der Waals surface area contributed by atoms with Gasteiger partial charge in [0.25, 0.3) is 0 Å². The average Bonchev–Trinajstić information content (AvgIpc) is 2.83.